The van der Waals surface area contributed by atoms with E-state index in [4.69, 9.17) is 0 Å². The van der Waals surface area contributed by atoms with E-state index in [2.05, 4.69) is 42.8 Å². The largest absolute Gasteiger partial charge is 0.298 e. The van der Waals surface area contributed by atoms with Gasteiger partial charge in [-0.2, -0.15) is 0 Å². The van der Waals surface area contributed by atoms with E-state index in [-0.39, 0.29) is 0 Å². The van der Waals surface area contributed by atoms with Crippen LogP contribution in [0.5, 0.6) is 0 Å². The summed E-state index contributed by atoms with van der Waals surface area (Å²) in [5.74, 6) is 0. The van der Waals surface area contributed by atoms with E-state index in [0.717, 1.165) is 6.54 Å². The van der Waals surface area contributed by atoms with Crippen LogP contribution in [0.25, 0.3) is 0 Å². The van der Waals surface area contributed by atoms with Gasteiger partial charge >= 0.3 is 0 Å². The maximum Gasteiger partial charge on any atom is 0.0897 e. The van der Waals surface area contributed by atoms with Crippen LogP contribution in [0.4, 0.5) is 0 Å². The predicted octanol–water partition coefficient (Wildman–Crippen LogP) is 3.94. The van der Waals surface area contributed by atoms with Gasteiger partial charge in [0.05, 0.1) is 5.01 Å². The third kappa shape index (κ3) is 3.79. The summed E-state index contributed by atoms with van der Waals surface area (Å²) in [6.07, 6.45) is 8.98. The molecule has 2 nitrogen and oxygen atoms in total. The van der Waals surface area contributed by atoms with E-state index >= 15 is 0 Å². The molecule has 0 spiro atoms. The first kappa shape index (κ1) is 13.5. The second-order valence-corrected chi connectivity index (χ2v) is 6.28. The molecule has 1 saturated heterocycles. The normalized spacial score (nSPS) is 18.2. The first-order valence-electron chi connectivity index (χ1n) is 6.63. The molecule has 1 aliphatic rings. The Kier molecular flexibility index (Phi) is 4.72. The van der Waals surface area contributed by atoms with Crippen molar-refractivity contribution >= 4 is 11.3 Å². The van der Waals surface area contributed by atoms with Crippen molar-refractivity contribution in [3.63, 3.8) is 0 Å². The fourth-order valence-electron chi connectivity index (χ4n) is 2.25. The molecule has 0 aromatic carbocycles. The number of hydrogen-bond acceptors (Lipinski definition) is 3. The Balaban J connectivity index is 1.85. The zero-order valence-electron chi connectivity index (χ0n) is 11.6. The van der Waals surface area contributed by atoms with Gasteiger partial charge in [0.25, 0.3) is 0 Å². The molecule has 1 fully saturated rings. The SMILES string of the molecule is C/C=C(\C)C=C1CCN(Cc2cnc(C)s2)CC1. The molecule has 0 bridgehead atoms. The number of allylic oxidation sites excluding steroid dienone is 3. The van der Waals surface area contributed by atoms with Crippen molar-refractivity contribution in [1.29, 1.82) is 0 Å². The van der Waals surface area contributed by atoms with E-state index in [1.165, 1.54) is 41.4 Å². The topological polar surface area (TPSA) is 16.1 Å². The molecule has 1 aliphatic heterocycles. The van der Waals surface area contributed by atoms with E-state index in [0.29, 0.717) is 0 Å². The Bertz CT molecular complexity index is 447. The molecule has 0 saturated carbocycles. The van der Waals surface area contributed by atoms with Crippen LogP contribution in [-0.2, 0) is 6.54 Å². The smallest absolute Gasteiger partial charge is 0.0897 e. The summed E-state index contributed by atoms with van der Waals surface area (Å²) in [6.45, 7) is 9.79. The van der Waals surface area contributed by atoms with Crippen LogP contribution in [0, 0.1) is 6.92 Å². The second kappa shape index (κ2) is 6.30. The maximum atomic E-state index is 4.32. The van der Waals surface area contributed by atoms with Crippen LogP contribution in [0.2, 0.25) is 0 Å². The second-order valence-electron chi connectivity index (χ2n) is 4.96. The average molecular weight is 262 g/mol. The molecule has 2 rings (SSSR count). The molecule has 0 N–H and O–H groups in total. The lowest BCUT2D eigenvalue weighted by Gasteiger charge is -2.27. The van der Waals surface area contributed by atoms with Crippen LogP contribution in [0.15, 0.2) is 29.5 Å². The zero-order chi connectivity index (χ0) is 13.0. The molecule has 1 aromatic heterocycles. The van der Waals surface area contributed by atoms with Crippen molar-refractivity contribution in [3.8, 4) is 0 Å². The van der Waals surface area contributed by atoms with Crippen LogP contribution < -0.4 is 0 Å². The molecule has 3 heteroatoms. The van der Waals surface area contributed by atoms with E-state index in [1.54, 1.807) is 5.57 Å². The minimum atomic E-state index is 1.07. The molecule has 0 radical (unpaired) electrons. The Morgan fingerprint density at radius 2 is 2.17 bits per heavy atom. The summed E-state index contributed by atoms with van der Waals surface area (Å²) in [7, 11) is 0. The minimum absolute atomic E-state index is 1.07. The summed E-state index contributed by atoms with van der Waals surface area (Å²) in [4.78, 5) is 8.25. The number of piperidine rings is 1. The Morgan fingerprint density at radius 1 is 1.44 bits per heavy atom. The third-order valence-electron chi connectivity index (χ3n) is 3.43. The van der Waals surface area contributed by atoms with Crippen molar-refractivity contribution < 1.29 is 0 Å². The van der Waals surface area contributed by atoms with Gasteiger partial charge in [-0.3, -0.25) is 4.90 Å². The van der Waals surface area contributed by atoms with Crippen molar-refractivity contribution in [2.75, 3.05) is 13.1 Å². The first-order valence-corrected chi connectivity index (χ1v) is 7.45. The van der Waals surface area contributed by atoms with Gasteiger partial charge in [-0.15, -0.1) is 11.3 Å². The number of aryl methyl sites for hydroxylation is 1. The van der Waals surface area contributed by atoms with Gasteiger partial charge in [-0.25, -0.2) is 4.98 Å². The van der Waals surface area contributed by atoms with Crippen molar-refractivity contribution in [2.24, 2.45) is 0 Å². The highest BCUT2D eigenvalue weighted by Crippen LogP contribution is 2.21. The quantitative estimate of drug-likeness (QED) is 0.820. The summed E-state index contributed by atoms with van der Waals surface area (Å²) in [5.41, 5.74) is 2.99. The van der Waals surface area contributed by atoms with Gasteiger partial charge in [0.15, 0.2) is 0 Å². The van der Waals surface area contributed by atoms with E-state index in [9.17, 15) is 0 Å². The molecular formula is C15H22N2S. The number of thiazole rings is 1. The average Bonchev–Trinajstić information content (AvgIpc) is 2.77. The van der Waals surface area contributed by atoms with Crippen LogP contribution in [0.1, 0.15) is 36.6 Å². The van der Waals surface area contributed by atoms with Crippen LogP contribution in [0.3, 0.4) is 0 Å². The summed E-state index contributed by atoms with van der Waals surface area (Å²) >= 11 is 1.82. The first-order chi connectivity index (χ1) is 8.67. The molecule has 0 amide bonds. The van der Waals surface area contributed by atoms with Gasteiger partial charge < -0.3 is 0 Å². The van der Waals surface area contributed by atoms with Gasteiger partial charge in [0.2, 0.25) is 0 Å². The van der Waals surface area contributed by atoms with Gasteiger partial charge in [0, 0.05) is 30.7 Å². The van der Waals surface area contributed by atoms with Crippen molar-refractivity contribution in [3.05, 3.63) is 39.4 Å². The molecule has 1 aromatic rings. The predicted molar refractivity (Wildman–Crippen MR) is 78.9 cm³/mol. The Morgan fingerprint density at radius 3 is 2.72 bits per heavy atom. The lowest BCUT2D eigenvalue weighted by Crippen LogP contribution is -2.29. The van der Waals surface area contributed by atoms with E-state index < -0.39 is 0 Å². The van der Waals surface area contributed by atoms with Crippen LogP contribution >= 0.6 is 11.3 Å². The molecule has 2 heterocycles. The number of likely N-dealkylation sites (tertiary alicyclic amines) is 1. The number of nitrogens with zero attached hydrogens (tertiary/aromatic N) is 2. The maximum absolute atomic E-state index is 4.32. The third-order valence-corrected chi connectivity index (χ3v) is 4.33. The van der Waals surface area contributed by atoms with Gasteiger partial charge in [-0.05, 0) is 33.6 Å². The summed E-state index contributed by atoms with van der Waals surface area (Å²) in [6, 6.07) is 0. The molecule has 98 valence electrons. The number of aromatic nitrogens is 1. The summed E-state index contributed by atoms with van der Waals surface area (Å²) < 4.78 is 0. The van der Waals surface area contributed by atoms with E-state index in [1.807, 2.05) is 17.5 Å². The van der Waals surface area contributed by atoms with Gasteiger partial charge in [0.1, 0.15) is 0 Å². The highest BCUT2D eigenvalue weighted by molar-refractivity contribution is 7.11. The lowest BCUT2D eigenvalue weighted by molar-refractivity contribution is 0.250. The monoisotopic (exact) mass is 262 g/mol. The molecular weight excluding hydrogens is 240 g/mol. The van der Waals surface area contributed by atoms with Crippen molar-refractivity contribution in [1.82, 2.24) is 9.88 Å². The van der Waals surface area contributed by atoms with Crippen LogP contribution in [-0.4, -0.2) is 23.0 Å². The molecule has 0 aliphatic carbocycles. The molecule has 0 atom stereocenters. The minimum Gasteiger partial charge on any atom is -0.298 e. The highest BCUT2D eigenvalue weighted by atomic mass is 32.1. The fraction of sp³-hybridized carbons (Fsp3) is 0.533. The van der Waals surface area contributed by atoms with Gasteiger partial charge in [-0.1, -0.05) is 23.3 Å². The number of rotatable bonds is 3. The van der Waals surface area contributed by atoms with Crippen molar-refractivity contribution in [2.45, 2.75) is 40.2 Å². The zero-order valence-corrected chi connectivity index (χ0v) is 12.4. The fourth-order valence-corrected chi connectivity index (χ4v) is 3.08. The Hall–Kier alpha value is -0.930. The number of hydrogen-bond donors (Lipinski definition) is 0. The summed E-state index contributed by atoms with van der Waals surface area (Å²) in [5, 5.41) is 1.17. The lowest BCUT2D eigenvalue weighted by atomic mass is 10.0. The standard InChI is InChI=1S/C15H22N2S/c1-4-12(2)9-14-5-7-17(8-6-14)11-15-10-16-13(3)18-15/h4,9-10H,5-8,11H2,1-3H3/b12-4+. The molecule has 0 unspecified atom stereocenters. The Labute approximate surface area is 114 Å². The highest BCUT2D eigenvalue weighted by Gasteiger charge is 2.14. The molecule has 18 heavy (non-hydrogen) atoms.